The average molecular weight is 390 g/mol. The van der Waals surface area contributed by atoms with Gasteiger partial charge >= 0.3 is 0 Å². The molecule has 1 fully saturated rings. The van der Waals surface area contributed by atoms with Crippen LogP contribution in [0.25, 0.3) is 0 Å². The maximum atomic E-state index is 13.0. The number of carbonyl (C=O) groups is 1. The molecule has 0 saturated carbocycles. The maximum absolute atomic E-state index is 13.0. The Hall–Kier alpha value is -1.33. The van der Waals surface area contributed by atoms with Crippen molar-refractivity contribution in [3.05, 3.63) is 35.4 Å². The molecule has 2 aliphatic carbocycles. The van der Waals surface area contributed by atoms with Crippen molar-refractivity contribution in [2.75, 3.05) is 20.7 Å². The quantitative estimate of drug-likeness (QED) is 0.692. The molecule has 1 spiro atoms. The van der Waals surface area contributed by atoms with Crippen molar-refractivity contribution >= 4 is 21.7 Å². The van der Waals surface area contributed by atoms with E-state index in [1.165, 1.54) is 11.1 Å². The van der Waals surface area contributed by atoms with E-state index in [0.717, 1.165) is 30.9 Å². The van der Waals surface area contributed by atoms with E-state index in [1.54, 1.807) is 13.2 Å². The Morgan fingerprint density at radius 2 is 2.21 bits per heavy atom. The molecule has 24 heavy (non-hydrogen) atoms. The highest BCUT2D eigenvalue weighted by Gasteiger charge is 2.76. The lowest BCUT2D eigenvalue weighted by molar-refractivity contribution is -0.138. The first-order valence-corrected chi connectivity index (χ1v) is 9.20. The number of hydrogen-bond acceptors (Lipinski definition) is 4. The highest BCUT2D eigenvalue weighted by molar-refractivity contribution is 9.10. The number of rotatable bonds is 1. The van der Waals surface area contributed by atoms with Crippen molar-refractivity contribution in [2.45, 2.75) is 41.1 Å². The fraction of sp³-hybridized carbons (Fsp3) is 0.526. The molecule has 0 amide bonds. The second-order valence-electron chi connectivity index (χ2n) is 7.59. The number of ether oxygens (including phenoxy) is 2. The van der Waals surface area contributed by atoms with Crippen LogP contribution in [0.2, 0.25) is 0 Å². The first kappa shape index (κ1) is 15.0. The molecule has 1 saturated heterocycles. The van der Waals surface area contributed by atoms with E-state index in [2.05, 4.69) is 40.0 Å². The maximum Gasteiger partial charge on any atom is 0.199 e. The molecule has 1 aromatic rings. The second kappa shape index (κ2) is 4.25. The number of methoxy groups -OCH3 is 1. The molecule has 4 atom stereocenters. The van der Waals surface area contributed by atoms with E-state index >= 15 is 0 Å². The second-order valence-corrected chi connectivity index (χ2v) is 8.90. The summed E-state index contributed by atoms with van der Waals surface area (Å²) in [7, 11) is 3.83. The minimum Gasteiger partial charge on any atom is -0.493 e. The number of halogens is 1. The van der Waals surface area contributed by atoms with Crippen molar-refractivity contribution in [2.24, 2.45) is 0 Å². The first-order chi connectivity index (χ1) is 11.4. The minimum atomic E-state index is -0.892. The predicted octanol–water partition coefficient (Wildman–Crippen LogP) is 2.62. The third kappa shape index (κ3) is 1.29. The van der Waals surface area contributed by atoms with Gasteiger partial charge in [-0.15, -0.1) is 0 Å². The number of hydrogen-bond donors (Lipinski definition) is 0. The number of alkyl halides is 1. The van der Waals surface area contributed by atoms with Gasteiger partial charge in [0.05, 0.1) is 16.8 Å². The van der Waals surface area contributed by atoms with Crippen LogP contribution in [0.1, 0.15) is 24.5 Å². The number of benzene rings is 1. The lowest BCUT2D eigenvalue weighted by atomic mass is 9.49. The number of piperidine rings is 1. The van der Waals surface area contributed by atoms with Gasteiger partial charge in [0.2, 0.25) is 0 Å². The Labute approximate surface area is 149 Å². The predicted molar refractivity (Wildman–Crippen MR) is 94.2 cm³/mol. The van der Waals surface area contributed by atoms with E-state index in [1.807, 2.05) is 13.0 Å². The Balaban J connectivity index is 1.93. The van der Waals surface area contributed by atoms with Gasteiger partial charge in [0, 0.05) is 11.6 Å². The van der Waals surface area contributed by atoms with E-state index in [0.29, 0.717) is 6.04 Å². The Kier molecular flexibility index (Phi) is 2.65. The zero-order chi connectivity index (χ0) is 16.9. The topological polar surface area (TPSA) is 38.8 Å². The molecule has 0 unspecified atom stereocenters. The van der Waals surface area contributed by atoms with Crippen LogP contribution in [0.4, 0.5) is 0 Å². The molecule has 4 aliphatic rings. The molecule has 1 aromatic carbocycles. The summed E-state index contributed by atoms with van der Waals surface area (Å²) < 4.78 is 11.7. The Morgan fingerprint density at radius 1 is 1.42 bits per heavy atom. The number of ketones is 1. The number of likely N-dealkylation sites (N-methyl/N-ethyl adjacent to an activating group) is 1. The normalized spacial score (nSPS) is 41.8. The monoisotopic (exact) mass is 389 g/mol. The van der Waals surface area contributed by atoms with Crippen LogP contribution >= 0.6 is 15.9 Å². The molecule has 2 heterocycles. The Morgan fingerprint density at radius 3 is 2.96 bits per heavy atom. The summed E-state index contributed by atoms with van der Waals surface area (Å²) in [6, 6.07) is 4.42. The number of carbonyl (C=O) groups excluding carboxylic acids is 1. The van der Waals surface area contributed by atoms with Crippen LogP contribution in [-0.2, 0) is 16.6 Å². The summed E-state index contributed by atoms with van der Waals surface area (Å²) >= 11 is 4.10. The van der Waals surface area contributed by atoms with Gasteiger partial charge in [0.1, 0.15) is 0 Å². The highest BCUT2D eigenvalue weighted by Crippen LogP contribution is 2.69. The van der Waals surface area contributed by atoms with E-state index in [9.17, 15) is 4.79 Å². The third-order valence-corrected chi connectivity index (χ3v) is 8.32. The van der Waals surface area contributed by atoms with Crippen LogP contribution < -0.4 is 9.47 Å². The molecular formula is C19H20BrNO3. The van der Waals surface area contributed by atoms with Crippen LogP contribution in [0, 0.1) is 0 Å². The molecule has 0 N–H and O–H groups in total. The third-order valence-electron chi connectivity index (χ3n) is 6.85. The van der Waals surface area contributed by atoms with Gasteiger partial charge in [-0.25, -0.2) is 0 Å². The molecule has 0 aromatic heterocycles. The van der Waals surface area contributed by atoms with Crippen LogP contribution in [0.3, 0.4) is 0 Å². The van der Waals surface area contributed by atoms with Crippen molar-refractivity contribution < 1.29 is 14.3 Å². The van der Waals surface area contributed by atoms with Crippen LogP contribution in [0.15, 0.2) is 24.3 Å². The SMILES string of the molecule is COc1ccc2c3c1O[C@]1(C)C(=O)C=C[C@]4(Br)[C@@H](C2)N(C)CC[C@@]314. The zero-order valence-corrected chi connectivity index (χ0v) is 15.6. The summed E-state index contributed by atoms with van der Waals surface area (Å²) in [5.74, 6) is 1.53. The molecule has 5 heteroatoms. The zero-order valence-electron chi connectivity index (χ0n) is 14.1. The van der Waals surface area contributed by atoms with E-state index < -0.39 is 5.60 Å². The van der Waals surface area contributed by atoms with Crippen molar-refractivity contribution in [3.8, 4) is 11.5 Å². The molecular weight excluding hydrogens is 370 g/mol. The minimum absolute atomic E-state index is 0.0481. The summed E-state index contributed by atoms with van der Waals surface area (Å²) in [6.07, 6.45) is 5.61. The molecule has 0 radical (unpaired) electrons. The molecule has 5 rings (SSSR count). The van der Waals surface area contributed by atoms with Crippen molar-refractivity contribution in [3.63, 3.8) is 0 Å². The molecule has 2 bridgehead atoms. The number of likely N-dealkylation sites (tertiary alicyclic amines) is 1. The molecule has 126 valence electrons. The highest BCUT2D eigenvalue weighted by atomic mass is 79.9. The first-order valence-electron chi connectivity index (χ1n) is 8.41. The molecule has 2 aliphatic heterocycles. The average Bonchev–Trinajstić information content (AvgIpc) is 2.84. The van der Waals surface area contributed by atoms with Gasteiger partial charge in [-0.1, -0.05) is 28.1 Å². The van der Waals surface area contributed by atoms with Crippen LogP contribution in [0.5, 0.6) is 11.5 Å². The number of nitrogens with zero attached hydrogens (tertiary/aromatic N) is 1. The summed E-state index contributed by atoms with van der Waals surface area (Å²) in [6.45, 7) is 2.92. The standard InChI is InChI=1S/C19H20BrNO3/c1-17-14(22)6-7-19(20)13-10-11-4-5-12(23-3)16(24-17)15(11)18(17,19)8-9-21(13)2/h4-7,13H,8-10H2,1-3H3/t13-,17-,18-,19+/m1/s1. The van der Waals surface area contributed by atoms with Gasteiger partial charge in [-0.2, -0.15) is 0 Å². The lowest BCUT2D eigenvalue weighted by Gasteiger charge is -2.62. The van der Waals surface area contributed by atoms with Crippen molar-refractivity contribution in [1.29, 1.82) is 0 Å². The summed E-state index contributed by atoms with van der Waals surface area (Å²) in [5, 5.41) is 0. The smallest absolute Gasteiger partial charge is 0.199 e. The van der Waals surface area contributed by atoms with Gasteiger partial charge in [-0.3, -0.25) is 4.79 Å². The largest absolute Gasteiger partial charge is 0.493 e. The Bertz CT molecular complexity index is 821. The fourth-order valence-corrected chi connectivity index (χ4v) is 7.05. The van der Waals surface area contributed by atoms with Crippen molar-refractivity contribution in [1.82, 2.24) is 4.90 Å². The van der Waals surface area contributed by atoms with Gasteiger partial charge < -0.3 is 14.4 Å². The van der Waals surface area contributed by atoms with Gasteiger partial charge in [-0.05, 0) is 51.1 Å². The lowest BCUT2D eigenvalue weighted by Crippen LogP contribution is -2.75. The van der Waals surface area contributed by atoms with Crippen LogP contribution in [-0.4, -0.2) is 47.4 Å². The van der Waals surface area contributed by atoms with Gasteiger partial charge in [0.15, 0.2) is 22.9 Å². The van der Waals surface area contributed by atoms with Gasteiger partial charge in [0.25, 0.3) is 0 Å². The molecule has 4 nitrogen and oxygen atoms in total. The van der Waals surface area contributed by atoms with E-state index in [4.69, 9.17) is 9.47 Å². The van der Waals surface area contributed by atoms with E-state index in [-0.39, 0.29) is 15.5 Å². The summed E-state index contributed by atoms with van der Waals surface area (Å²) in [4.78, 5) is 15.4. The summed E-state index contributed by atoms with van der Waals surface area (Å²) in [5.41, 5.74) is 1.18. The fourth-order valence-electron chi connectivity index (χ4n) is 5.63.